The predicted molar refractivity (Wildman–Crippen MR) is 100 cm³/mol. The Morgan fingerprint density at radius 3 is 2.52 bits per heavy atom. The van der Waals surface area contributed by atoms with Crippen molar-refractivity contribution in [3.05, 3.63) is 58.4 Å². The lowest BCUT2D eigenvalue weighted by Gasteiger charge is -2.01. The Balaban J connectivity index is 1.71. The van der Waals surface area contributed by atoms with Crippen molar-refractivity contribution in [1.29, 1.82) is 0 Å². The van der Waals surface area contributed by atoms with Crippen molar-refractivity contribution in [3.63, 3.8) is 0 Å². The summed E-state index contributed by atoms with van der Waals surface area (Å²) < 4.78 is 0. The molecule has 0 spiro atoms. The number of nitrogens with one attached hydrogen (secondary N) is 1. The molecule has 2 rings (SSSR count). The van der Waals surface area contributed by atoms with Crippen molar-refractivity contribution < 1.29 is 0 Å². The van der Waals surface area contributed by atoms with Crippen LogP contribution in [0.25, 0.3) is 10.9 Å². The van der Waals surface area contributed by atoms with Gasteiger partial charge < -0.3 is 4.98 Å². The van der Waals surface area contributed by atoms with Crippen LogP contribution >= 0.6 is 0 Å². The Morgan fingerprint density at radius 2 is 1.70 bits per heavy atom. The average molecular weight is 311 g/mol. The lowest BCUT2D eigenvalue weighted by atomic mass is 10.1. The fourth-order valence-corrected chi connectivity index (χ4v) is 2.89. The highest BCUT2D eigenvalue weighted by molar-refractivity contribution is 5.78. The molecule has 0 atom stereocenters. The van der Waals surface area contributed by atoms with Gasteiger partial charge >= 0.3 is 0 Å². The van der Waals surface area contributed by atoms with Crippen LogP contribution < -0.4 is 5.56 Å². The summed E-state index contributed by atoms with van der Waals surface area (Å²) in [6.45, 7) is 2.26. The van der Waals surface area contributed by atoms with E-state index in [2.05, 4.69) is 24.1 Å². The second-order valence-electron chi connectivity index (χ2n) is 6.30. The van der Waals surface area contributed by atoms with Gasteiger partial charge in [-0.2, -0.15) is 0 Å². The highest BCUT2D eigenvalue weighted by Gasteiger charge is 2.00. The maximum Gasteiger partial charge on any atom is 0.251 e. The van der Waals surface area contributed by atoms with Crippen LogP contribution in [0.5, 0.6) is 0 Å². The molecule has 124 valence electrons. The summed E-state index contributed by atoms with van der Waals surface area (Å²) in [7, 11) is 0. The number of aromatic nitrogens is 1. The van der Waals surface area contributed by atoms with E-state index in [1.165, 1.54) is 44.9 Å². The van der Waals surface area contributed by atoms with Crippen LogP contribution in [-0.4, -0.2) is 4.98 Å². The Morgan fingerprint density at radius 1 is 0.957 bits per heavy atom. The number of hydrogen-bond acceptors (Lipinski definition) is 1. The maximum atomic E-state index is 12.0. The van der Waals surface area contributed by atoms with Crippen LogP contribution in [0.1, 0.15) is 63.9 Å². The van der Waals surface area contributed by atoms with Gasteiger partial charge in [0.15, 0.2) is 0 Å². The number of rotatable bonds is 10. The van der Waals surface area contributed by atoms with Gasteiger partial charge in [0.05, 0.1) is 0 Å². The smallest absolute Gasteiger partial charge is 0.251 e. The number of unbranched alkanes of at least 4 members (excludes halogenated alkanes) is 7. The molecule has 0 aliphatic rings. The Kier molecular flexibility index (Phi) is 7.65. The number of H-pyrrole nitrogens is 1. The minimum atomic E-state index is 0.0317. The van der Waals surface area contributed by atoms with Gasteiger partial charge in [-0.25, -0.2) is 0 Å². The van der Waals surface area contributed by atoms with Crippen LogP contribution in [0.4, 0.5) is 0 Å². The van der Waals surface area contributed by atoms with Gasteiger partial charge in [0, 0.05) is 11.1 Å². The largest absolute Gasteiger partial charge is 0.322 e. The zero-order valence-electron chi connectivity index (χ0n) is 14.3. The molecule has 0 fully saturated rings. The van der Waals surface area contributed by atoms with Crippen LogP contribution in [0.3, 0.4) is 0 Å². The molecule has 1 heterocycles. The Labute approximate surface area is 139 Å². The van der Waals surface area contributed by atoms with E-state index in [1.807, 2.05) is 30.3 Å². The molecule has 0 aliphatic heterocycles. The zero-order chi connectivity index (χ0) is 16.3. The van der Waals surface area contributed by atoms with Gasteiger partial charge in [0.2, 0.25) is 0 Å². The summed E-state index contributed by atoms with van der Waals surface area (Å²) in [4.78, 5) is 15.0. The monoisotopic (exact) mass is 311 g/mol. The molecule has 0 saturated heterocycles. The third-order valence-corrected chi connectivity index (χ3v) is 4.31. The van der Waals surface area contributed by atoms with Crippen LogP contribution in [-0.2, 0) is 6.42 Å². The van der Waals surface area contributed by atoms with Crippen molar-refractivity contribution in [2.24, 2.45) is 0 Å². The van der Waals surface area contributed by atoms with Crippen molar-refractivity contribution in [1.82, 2.24) is 4.98 Å². The van der Waals surface area contributed by atoms with Crippen molar-refractivity contribution in [2.45, 2.75) is 64.7 Å². The SMILES string of the molecule is CCCCCCCCCC=CCc1cc2ccccc2[nH]c1=O. The average Bonchev–Trinajstić information content (AvgIpc) is 2.57. The number of allylic oxidation sites excluding steroid dienone is 2. The first-order valence-corrected chi connectivity index (χ1v) is 9.07. The molecule has 0 amide bonds. The van der Waals surface area contributed by atoms with Crippen molar-refractivity contribution in [3.8, 4) is 0 Å². The number of benzene rings is 1. The maximum absolute atomic E-state index is 12.0. The van der Waals surface area contributed by atoms with Crippen LogP contribution in [0.15, 0.2) is 47.3 Å². The zero-order valence-corrected chi connectivity index (χ0v) is 14.3. The molecule has 2 aromatic rings. The molecule has 0 bridgehead atoms. The van der Waals surface area contributed by atoms with E-state index in [-0.39, 0.29) is 5.56 Å². The number of para-hydroxylation sites is 1. The van der Waals surface area contributed by atoms with E-state index in [0.717, 1.165) is 29.3 Å². The van der Waals surface area contributed by atoms with Crippen molar-refractivity contribution >= 4 is 10.9 Å². The Bertz CT molecular complexity index is 669. The topological polar surface area (TPSA) is 32.9 Å². The van der Waals surface area contributed by atoms with Gasteiger partial charge in [0.1, 0.15) is 0 Å². The van der Waals surface area contributed by atoms with Gasteiger partial charge in [-0.3, -0.25) is 4.79 Å². The third-order valence-electron chi connectivity index (χ3n) is 4.31. The quantitative estimate of drug-likeness (QED) is 0.438. The molecule has 23 heavy (non-hydrogen) atoms. The summed E-state index contributed by atoms with van der Waals surface area (Å²) in [6.07, 6.45) is 15.6. The first-order chi connectivity index (χ1) is 11.3. The molecule has 1 aromatic heterocycles. The number of hydrogen-bond donors (Lipinski definition) is 1. The number of fused-ring (bicyclic) bond motifs is 1. The minimum Gasteiger partial charge on any atom is -0.322 e. The fraction of sp³-hybridized carbons (Fsp3) is 0.476. The van der Waals surface area contributed by atoms with E-state index >= 15 is 0 Å². The standard InChI is InChI=1S/C21H29NO/c1-2-3-4-5-6-7-8-9-10-11-15-19-17-18-14-12-13-16-20(18)22-21(19)23/h10-14,16-17H,2-9,15H2,1H3,(H,22,23). The second kappa shape index (κ2) is 10.0. The third kappa shape index (κ3) is 6.05. The molecule has 0 unspecified atom stereocenters. The number of aromatic amines is 1. The normalized spacial score (nSPS) is 11.5. The summed E-state index contributed by atoms with van der Waals surface area (Å²) in [5.74, 6) is 0. The van der Waals surface area contributed by atoms with Gasteiger partial charge in [-0.05, 0) is 36.8 Å². The first-order valence-electron chi connectivity index (χ1n) is 9.07. The lowest BCUT2D eigenvalue weighted by molar-refractivity contribution is 0.592. The van der Waals surface area contributed by atoms with Gasteiger partial charge in [-0.1, -0.05) is 75.8 Å². The van der Waals surface area contributed by atoms with E-state index in [9.17, 15) is 4.79 Å². The first kappa shape index (κ1) is 17.5. The molecule has 2 nitrogen and oxygen atoms in total. The van der Waals surface area contributed by atoms with E-state index in [4.69, 9.17) is 0 Å². The summed E-state index contributed by atoms with van der Waals surface area (Å²) in [5.41, 5.74) is 1.79. The van der Waals surface area contributed by atoms with E-state index in [0.29, 0.717) is 0 Å². The van der Waals surface area contributed by atoms with Gasteiger partial charge in [-0.15, -0.1) is 0 Å². The second-order valence-corrected chi connectivity index (χ2v) is 6.30. The van der Waals surface area contributed by atoms with Crippen LogP contribution in [0.2, 0.25) is 0 Å². The summed E-state index contributed by atoms with van der Waals surface area (Å²) in [5, 5.41) is 1.10. The van der Waals surface area contributed by atoms with Crippen LogP contribution in [0, 0.1) is 0 Å². The summed E-state index contributed by atoms with van der Waals surface area (Å²) in [6, 6.07) is 9.93. The lowest BCUT2D eigenvalue weighted by Crippen LogP contribution is -2.11. The molecule has 2 heteroatoms. The predicted octanol–water partition coefficient (Wildman–Crippen LogP) is 5.77. The molecule has 0 radical (unpaired) electrons. The molecule has 1 aromatic carbocycles. The van der Waals surface area contributed by atoms with Gasteiger partial charge in [0.25, 0.3) is 5.56 Å². The molecule has 0 saturated carbocycles. The molecule has 1 N–H and O–H groups in total. The molecule has 0 aliphatic carbocycles. The Hall–Kier alpha value is -1.83. The molecular weight excluding hydrogens is 282 g/mol. The summed E-state index contributed by atoms with van der Waals surface area (Å²) >= 11 is 0. The number of pyridine rings is 1. The highest BCUT2D eigenvalue weighted by atomic mass is 16.1. The van der Waals surface area contributed by atoms with E-state index in [1.54, 1.807) is 0 Å². The highest BCUT2D eigenvalue weighted by Crippen LogP contribution is 2.11. The van der Waals surface area contributed by atoms with Crippen molar-refractivity contribution in [2.75, 3.05) is 0 Å². The van der Waals surface area contributed by atoms with E-state index < -0.39 is 0 Å². The fourth-order valence-electron chi connectivity index (χ4n) is 2.89. The minimum absolute atomic E-state index is 0.0317. The molecular formula is C21H29NO.